The molecule has 8 heteroatoms. The second kappa shape index (κ2) is 9.73. The van der Waals surface area contributed by atoms with Crippen LogP contribution in [-0.4, -0.2) is 52.7 Å². The third kappa shape index (κ3) is 5.86. The molecule has 0 radical (unpaired) electrons. The summed E-state index contributed by atoms with van der Waals surface area (Å²) in [5.74, 6) is -0.390. The number of rotatable bonds is 9. The average Bonchev–Trinajstić information content (AvgIpc) is 2.68. The first-order chi connectivity index (χ1) is 15.4. The molecule has 3 rings (SSSR count). The first-order valence-electron chi connectivity index (χ1n) is 11.2. The van der Waals surface area contributed by atoms with E-state index in [2.05, 4.69) is 33.8 Å². The number of anilines is 1. The summed E-state index contributed by atoms with van der Waals surface area (Å²) in [5, 5.41) is 12.9. The fraction of sp³-hybridized carbons (Fsp3) is 0.520. The van der Waals surface area contributed by atoms with E-state index in [1.165, 1.54) is 6.07 Å². The van der Waals surface area contributed by atoms with Crippen molar-refractivity contribution < 1.29 is 23.4 Å². The van der Waals surface area contributed by atoms with Gasteiger partial charge in [0, 0.05) is 25.3 Å². The molecule has 1 saturated heterocycles. The Morgan fingerprint density at radius 2 is 1.91 bits per heavy atom. The van der Waals surface area contributed by atoms with Crippen LogP contribution in [0.2, 0.25) is 0 Å². The number of pyridine rings is 1. The topological polar surface area (TPSA) is 74.7 Å². The zero-order valence-corrected chi connectivity index (χ0v) is 19.9. The summed E-state index contributed by atoms with van der Waals surface area (Å²) in [4.78, 5) is 19.9. The van der Waals surface area contributed by atoms with Crippen LogP contribution in [0.4, 0.5) is 14.5 Å². The Labute approximate surface area is 194 Å². The minimum absolute atomic E-state index is 0.113. The van der Waals surface area contributed by atoms with Crippen molar-refractivity contribution in [2.75, 3.05) is 25.0 Å². The maximum atomic E-state index is 13.7. The number of nitrogens with zero attached hydrogens (tertiary/aromatic N) is 2. The number of ether oxygens (including phenoxy) is 1. The predicted octanol–water partition coefficient (Wildman–Crippen LogP) is 4.47. The molecular formula is C25H33F2N3O3. The Morgan fingerprint density at radius 1 is 1.24 bits per heavy atom. The normalized spacial score (nSPS) is 16.1. The van der Waals surface area contributed by atoms with E-state index in [4.69, 9.17) is 0 Å². The van der Waals surface area contributed by atoms with Gasteiger partial charge in [-0.1, -0.05) is 38.1 Å². The first kappa shape index (κ1) is 25.1. The molecule has 0 spiro atoms. The molecule has 2 heterocycles. The molecule has 33 heavy (non-hydrogen) atoms. The molecule has 1 amide bonds. The third-order valence-electron chi connectivity index (χ3n) is 6.01. The molecule has 1 fully saturated rings. The van der Waals surface area contributed by atoms with Gasteiger partial charge in [0.05, 0.1) is 11.0 Å². The van der Waals surface area contributed by atoms with Crippen molar-refractivity contribution in [3.63, 3.8) is 0 Å². The predicted molar refractivity (Wildman–Crippen MR) is 124 cm³/mol. The van der Waals surface area contributed by atoms with Gasteiger partial charge in [-0.3, -0.25) is 4.79 Å². The maximum absolute atomic E-state index is 13.7. The van der Waals surface area contributed by atoms with Crippen molar-refractivity contribution in [1.29, 1.82) is 0 Å². The standard InChI is InChI=1S/C25H33F2N3O3/c1-16(2)18-8-6-7-9-19(18)25(14-30(15-25)13-12-24(4,5)32)22(31)29-20-11-10-17(3)28-21(20)33-23(26)27/h6-11,16,23,32H,12-15H2,1-5H3,(H,29,31). The van der Waals surface area contributed by atoms with E-state index in [9.17, 15) is 18.7 Å². The highest BCUT2D eigenvalue weighted by atomic mass is 19.3. The third-order valence-corrected chi connectivity index (χ3v) is 6.01. The highest BCUT2D eigenvalue weighted by molar-refractivity contribution is 6.01. The van der Waals surface area contributed by atoms with Crippen molar-refractivity contribution >= 4 is 11.6 Å². The van der Waals surface area contributed by atoms with Crippen LogP contribution < -0.4 is 10.1 Å². The van der Waals surface area contributed by atoms with Gasteiger partial charge in [0.25, 0.3) is 0 Å². The van der Waals surface area contributed by atoms with Gasteiger partial charge in [-0.2, -0.15) is 8.78 Å². The van der Waals surface area contributed by atoms with E-state index in [1.54, 1.807) is 26.8 Å². The number of aliphatic hydroxyl groups is 1. The fourth-order valence-electron chi connectivity index (χ4n) is 4.22. The maximum Gasteiger partial charge on any atom is 0.388 e. The number of benzene rings is 1. The van der Waals surface area contributed by atoms with Crippen LogP contribution in [0.5, 0.6) is 5.88 Å². The number of halogens is 2. The molecule has 6 nitrogen and oxygen atoms in total. The number of carbonyl (C=O) groups excluding carboxylic acids is 1. The number of alkyl halides is 2. The second-order valence-corrected chi connectivity index (χ2v) is 9.74. The van der Waals surface area contributed by atoms with Gasteiger partial charge in [-0.25, -0.2) is 4.98 Å². The number of hydrogen-bond donors (Lipinski definition) is 2. The minimum atomic E-state index is -3.05. The summed E-state index contributed by atoms with van der Waals surface area (Å²) in [6, 6.07) is 11.0. The summed E-state index contributed by atoms with van der Waals surface area (Å²) in [5.41, 5.74) is 0.959. The van der Waals surface area contributed by atoms with Crippen molar-refractivity contribution in [3.8, 4) is 5.88 Å². The Morgan fingerprint density at radius 3 is 2.52 bits per heavy atom. The van der Waals surface area contributed by atoms with Crippen LogP contribution in [0.25, 0.3) is 0 Å². The molecule has 1 aromatic carbocycles. The summed E-state index contributed by atoms with van der Waals surface area (Å²) < 4.78 is 30.4. The number of amides is 1. The zero-order valence-electron chi connectivity index (χ0n) is 19.9. The number of likely N-dealkylation sites (tertiary alicyclic amines) is 1. The molecule has 1 aliphatic rings. The molecule has 180 valence electrons. The Bertz CT molecular complexity index is 983. The highest BCUT2D eigenvalue weighted by Crippen LogP contribution is 2.40. The molecule has 0 atom stereocenters. The van der Waals surface area contributed by atoms with Crippen molar-refractivity contribution in [3.05, 3.63) is 53.2 Å². The average molecular weight is 462 g/mol. The van der Waals surface area contributed by atoms with Crippen LogP contribution in [0.3, 0.4) is 0 Å². The summed E-state index contributed by atoms with van der Waals surface area (Å²) >= 11 is 0. The number of carbonyl (C=O) groups is 1. The Balaban J connectivity index is 1.93. The summed E-state index contributed by atoms with van der Waals surface area (Å²) in [6.45, 7) is 7.86. The smallest absolute Gasteiger partial charge is 0.388 e. The van der Waals surface area contributed by atoms with Crippen LogP contribution in [0.15, 0.2) is 36.4 Å². The van der Waals surface area contributed by atoms with Gasteiger partial charge in [0.15, 0.2) is 0 Å². The molecule has 0 unspecified atom stereocenters. The number of aromatic nitrogens is 1. The minimum Gasteiger partial charge on any atom is -0.415 e. The lowest BCUT2D eigenvalue weighted by atomic mass is 9.69. The van der Waals surface area contributed by atoms with E-state index in [1.807, 2.05) is 24.3 Å². The number of hydrogen-bond acceptors (Lipinski definition) is 5. The van der Waals surface area contributed by atoms with E-state index < -0.39 is 17.6 Å². The Kier molecular flexibility index (Phi) is 7.39. The van der Waals surface area contributed by atoms with Crippen LogP contribution in [0.1, 0.15) is 56.9 Å². The zero-order chi connectivity index (χ0) is 24.4. The monoisotopic (exact) mass is 461 g/mol. The SMILES string of the molecule is Cc1ccc(NC(=O)C2(c3ccccc3C(C)C)CN(CCC(C)(C)O)C2)c(OC(F)F)n1. The lowest BCUT2D eigenvalue weighted by molar-refractivity contribution is -0.128. The van der Waals surface area contributed by atoms with E-state index in [0.29, 0.717) is 31.7 Å². The first-order valence-corrected chi connectivity index (χ1v) is 11.2. The second-order valence-electron chi connectivity index (χ2n) is 9.74. The number of nitrogens with one attached hydrogen (secondary N) is 1. The van der Waals surface area contributed by atoms with Gasteiger partial charge >= 0.3 is 6.61 Å². The van der Waals surface area contributed by atoms with Crippen molar-refractivity contribution in [2.24, 2.45) is 0 Å². The largest absolute Gasteiger partial charge is 0.415 e. The molecular weight excluding hydrogens is 428 g/mol. The fourth-order valence-corrected chi connectivity index (χ4v) is 4.22. The van der Waals surface area contributed by atoms with Crippen LogP contribution in [0, 0.1) is 6.92 Å². The van der Waals surface area contributed by atoms with Crippen LogP contribution in [-0.2, 0) is 10.2 Å². The van der Waals surface area contributed by atoms with Gasteiger partial charge in [0.1, 0.15) is 5.69 Å². The molecule has 0 bridgehead atoms. The van der Waals surface area contributed by atoms with E-state index in [-0.39, 0.29) is 23.4 Å². The molecule has 0 aliphatic carbocycles. The van der Waals surface area contributed by atoms with Crippen LogP contribution >= 0.6 is 0 Å². The van der Waals surface area contributed by atoms with Gasteiger partial charge in [-0.05, 0) is 56.4 Å². The molecule has 1 aliphatic heterocycles. The molecule has 0 saturated carbocycles. The summed E-state index contributed by atoms with van der Waals surface area (Å²) in [7, 11) is 0. The molecule has 2 aromatic rings. The van der Waals surface area contributed by atoms with Crippen molar-refractivity contribution in [2.45, 2.75) is 64.6 Å². The van der Waals surface area contributed by atoms with Gasteiger partial charge < -0.3 is 20.1 Å². The lowest BCUT2D eigenvalue weighted by Crippen LogP contribution is -2.65. The van der Waals surface area contributed by atoms with E-state index >= 15 is 0 Å². The summed E-state index contributed by atoms with van der Waals surface area (Å²) in [6.07, 6.45) is 0.574. The quantitative estimate of drug-likeness (QED) is 0.577. The van der Waals surface area contributed by atoms with E-state index in [0.717, 1.165) is 11.1 Å². The Hall–Kier alpha value is -2.58. The van der Waals surface area contributed by atoms with Gasteiger partial charge in [-0.15, -0.1) is 0 Å². The lowest BCUT2D eigenvalue weighted by Gasteiger charge is -2.50. The van der Waals surface area contributed by atoms with Crippen molar-refractivity contribution in [1.82, 2.24) is 9.88 Å². The molecule has 2 N–H and O–H groups in total. The highest BCUT2D eigenvalue weighted by Gasteiger charge is 2.51. The molecule has 1 aromatic heterocycles. The number of aryl methyl sites for hydroxylation is 1. The van der Waals surface area contributed by atoms with Gasteiger partial charge in [0.2, 0.25) is 11.8 Å².